The molecule has 2 rings (SSSR count). The molecule has 0 saturated heterocycles. The van der Waals surface area contributed by atoms with Crippen LogP contribution in [0.2, 0.25) is 0 Å². The monoisotopic (exact) mass is 245 g/mol. The molecule has 0 bridgehead atoms. The maximum atomic E-state index is 11.7. The van der Waals surface area contributed by atoms with Gasteiger partial charge in [-0.3, -0.25) is 0 Å². The summed E-state index contributed by atoms with van der Waals surface area (Å²) in [5.41, 5.74) is 0. The van der Waals surface area contributed by atoms with Crippen molar-refractivity contribution < 1.29 is 8.42 Å². The van der Waals surface area contributed by atoms with Crippen LogP contribution in [0.15, 0.2) is 0 Å². The molecule has 0 aromatic carbocycles. The maximum Gasteiger partial charge on any atom is 0.151 e. The second-order valence-corrected chi connectivity index (χ2v) is 7.87. The van der Waals surface area contributed by atoms with Crippen LogP contribution in [0.25, 0.3) is 0 Å². The van der Waals surface area contributed by atoms with Crippen molar-refractivity contribution in [3.63, 3.8) is 0 Å². The van der Waals surface area contributed by atoms with Crippen LogP contribution in [-0.4, -0.2) is 44.5 Å². The summed E-state index contributed by atoms with van der Waals surface area (Å²) in [6.07, 6.45) is 8.41. The van der Waals surface area contributed by atoms with E-state index in [1.54, 1.807) is 0 Å². The van der Waals surface area contributed by atoms with E-state index in [1.165, 1.54) is 25.5 Å². The predicted octanol–water partition coefficient (Wildman–Crippen LogP) is 1.68. The number of nitrogens with zero attached hydrogens (tertiary/aromatic N) is 1. The molecule has 3 nitrogen and oxygen atoms in total. The van der Waals surface area contributed by atoms with Gasteiger partial charge in [0.25, 0.3) is 0 Å². The van der Waals surface area contributed by atoms with Gasteiger partial charge in [0.15, 0.2) is 9.84 Å². The minimum absolute atomic E-state index is 0.113. The number of hydrogen-bond acceptors (Lipinski definition) is 3. The van der Waals surface area contributed by atoms with Crippen molar-refractivity contribution in [2.75, 3.05) is 19.8 Å². The van der Waals surface area contributed by atoms with E-state index < -0.39 is 9.84 Å². The first-order valence-corrected chi connectivity index (χ1v) is 8.33. The Morgan fingerprint density at radius 2 is 1.75 bits per heavy atom. The molecule has 94 valence electrons. The van der Waals surface area contributed by atoms with E-state index >= 15 is 0 Å². The lowest BCUT2D eigenvalue weighted by Crippen LogP contribution is -2.44. The molecule has 2 saturated carbocycles. The number of sulfone groups is 1. The molecule has 2 atom stereocenters. The summed E-state index contributed by atoms with van der Waals surface area (Å²) < 4.78 is 23.4. The highest BCUT2D eigenvalue weighted by Crippen LogP contribution is 2.32. The molecule has 0 heterocycles. The largest absolute Gasteiger partial charge is 0.302 e. The molecule has 0 aromatic heterocycles. The Morgan fingerprint density at radius 3 is 2.25 bits per heavy atom. The van der Waals surface area contributed by atoms with E-state index in [9.17, 15) is 8.42 Å². The maximum absolute atomic E-state index is 11.7. The van der Waals surface area contributed by atoms with Gasteiger partial charge in [0.2, 0.25) is 0 Å². The third-order valence-corrected chi connectivity index (χ3v) is 5.95. The van der Waals surface area contributed by atoms with Gasteiger partial charge in [-0.2, -0.15) is 0 Å². The average molecular weight is 245 g/mol. The molecule has 0 spiro atoms. The highest BCUT2D eigenvalue weighted by atomic mass is 32.2. The molecule has 0 radical (unpaired) electrons. The van der Waals surface area contributed by atoms with Crippen LogP contribution in [0, 0.1) is 5.92 Å². The quantitative estimate of drug-likeness (QED) is 0.756. The van der Waals surface area contributed by atoms with Crippen LogP contribution in [0.5, 0.6) is 0 Å². The number of rotatable bonds is 4. The number of hydrogen-bond donors (Lipinski definition) is 0. The standard InChI is InChI=1S/C12H23NO2S/c1-13(9-10-5-3-6-10)11-7-4-8-12(11)16(2,14)15/h10-12H,3-9H2,1-2H3/t11-,12+/m1/s1. The fourth-order valence-electron chi connectivity index (χ4n) is 3.13. The van der Waals surface area contributed by atoms with E-state index in [-0.39, 0.29) is 11.3 Å². The van der Waals surface area contributed by atoms with E-state index in [1.807, 2.05) is 0 Å². The zero-order valence-corrected chi connectivity index (χ0v) is 11.2. The first-order valence-electron chi connectivity index (χ1n) is 6.37. The molecule has 2 fully saturated rings. The predicted molar refractivity (Wildman–Crippen MR) is 66.2 cm³/mol. The Morgan fingerprint density at radius 1 is 1.12 bits per heavy atom. The zero-order chi connectivity index (χ0) is 11.8. The van der Waals surface area contributed by atoms with E-state index in [0.717, 1.165) is 31.7 Å². The molecule has 16 heavy (non-hydrogen) atoms. The van der Waals surface area contributed by atoms with Crippen molar-refractivity contribution >= 4 is 9.84 Å². The van der Waals surface area contributed by atoms with Crippen molar-refractivity contribution in [1.29, 1.82) is 0 Å². The summed E-state index contributed by atoms with van der Waals surface area (Å²) in [5, 5.41) is -0.113. The Bertz CT molecular complexity index is 335. The Hall–Kier alpha value is -0.0900. The van der Waals surface area contributed by atoms with Crippen molar-refractivity contribution in [2.24, 2.45) is 5.92 Å². The minimum Gasteiger partial charge on any atom is -0.302 e. The summed E-state index contributed by atoms with van der Waals surface area (Å²) in [6.45, 7) is 1.09. The van der Waals surface area contributed by atoms with Crippen molar-refractivity contribution in [3.8, 4) is 0 Å². The lowest BCUT2D eigenvalue weighted by atomic mass is 9.85. The molecule has 0 amide bonds. The van der Waals surface area contributed by atoms with Crippen LogP contribution in [0.4, 0.5) is 0 Å². The fraction of sp³-hybridized carbons (Fsp3) is 1.00. The van der Waals surface area contributed by atoms with Crippen molar-refractivity contribution in [1.82, 2.24) is 4.90 Å². The fourth-order valence-corrected chi connectivity index (χ4v) is 4.64. The van der Waals surface area contributed by atoms with Crippen LogP contribution in [-0.2, 0) is 9.84 Å². The van der Waals surface area contributed by atoms with Gasteiger partial charge in [0, 0.05) is 18.8 Å². The van der Waals surface area contributed by atoms with Crippen molar-refractivity contribution in [3.05, 3.63) is 0 Å². The van der Waals surface area contributed by atoms with Crippen molar-refractivity contribution in [2.45, 2.75) is 49.8 Å². The summed E-state index contributed by atoms with van der Waals surface area (Å²) in [5.74, 6) is 0.825. The summed E-state index contributed by atoms with van der Waals surface area (Å²) in [7, 11) is -0.759. The summed E-state index contributed by atoms with van der Waals surface area (Å²) in [4.78, 5) is 2.31. The lowest BCUT2D eigenvalue weighted by molar-refractivity contribution is 0.164. The first-order chi connectivity index (χ1) is 7.48. The lowest BCUT2D eigenvalue weighted by Gasteiger charge is -2.35. The molecule has 0 N–H and O–H groups in total. The SMILES string of the molecule is CN(CC1CCC1)[C@@H]1CCC[C@@H]1S(C)(=O)=O. The summed E-state index contributed by atoms with van der Waals surface area (Å²) in [6, 6.07) is 0.274. The summed E-state index contributed by atoms with van der Waals surface area (Å²) >= 11 is 0. The second kappa shape index (κ2) is 4.65. The van der Waals surface area contributed by atoms with Gasteiger partial charge in [-0.1, -0.05) is 12.8 Å². The van der Waals surface area contributed by atoms with Gasteiger partial charge in [0.05, 0.1) is 5.25 Å². The molecule has 0 unspecified atom stereocenters. The van der Waals surface area contributed by atoms with Crippen LogP contribution in [0.1, 0.15) is 38.5 Å². The van der Waals surface area contributed by atoms with Gasteiger partial charge in [-0.25, -0.2) is 8.42 Å². The molecule has 2 aliphatic carbocycles. The molecular formula is C12H23NO2S. The van der Waals surface area contributed by atoms with Gasteiger partial charge < -0.3 is 4.90 Å². The first kappa shape index (κ1) is 12.4. The Labute approximate surface area is 99.1 Å². The molecule has 4 heteroatoms. The highest BCUT2D eigenvalue weighted by molar-refractivity contribution is 7.91. The minimum atomic E-state index is -2.86. The van der Waals surface area contributed by atoms with Gasteiger partial charge >= 0.3 is 0 Å². The topological polar surface area (TPSA) is 37.4 Å². The van der Waals surface area contributed by atoms with Gasteiger partial charge in [-0.15, -0.1) is 0 Å². The van der Waals surface area contributed by atoms with E-state index in [2.05, 4.69) is 11.9 Å². The van der Waals surface area contributed by atoms with Gasteiger partial charge in [-0.05, 0) is 38.6 Å². The van der Waals surface area contributed by atoms with E-state index in [0.29, 0.717) is 0 Å². The Kier molecular flexibility index (Phi) is 3.59. The normalized spacial score (nSPS) is 31.9. The smallest absolute Gasteiger partial charge is 0.151 e. The zero-order valence-electron chi connectivity index (χ0n) is 10.4. The molecule has 2 aliphatic rings. The second-order valence-electron chi connectivity index (χ2n) is 5.60. The van der Waals surface area contributed by atoms with Crippen LogP contribution >= 0.6 is 0 Å². The van der Waals surface area contributed by atoms with Crippen LogP contribution in [0.3, 0.4) is 0 Å². The third kappa shape index (κ3) is 2.59. The Balaban J connectivity index is 1.96. The molecule has 0 aromatic rings. The van der Waals surface area contributed by atoms with Crippen LogP contribution < -0.4 is 0 Å². The average Bonchev–Trinajstić information content (AvgIpc) is 2.58. The van der Waals surface area contributed by atoms with Gasteiger partial charge in [0.1, 0.15) is 0 Å². The highest BCUT2D eigenvalue weighted by Gasteiger charge is 2.37. The third-order valence-electron chi connectivity index (χ3n) is 4.30. The molecular weight excluding hydrogens is 222 g/mol. The molecule has 0 aliphatic heterocycles. The van der Waals surface area contributed by atoms with E-state index in [4.69, 9.17) is 0 Å².